The zero-order valence-electron chi connectivity index (χ0n) is 12.9. The molecule has 0 spiro atoms. The van der Waals surface area contributed by atoms with Gasteiger partial charge >= 0.3 is 5.97 Å². The van der Waals surface area contributed by atoms with E-state index in [1.165, 1.54) is 7.11 Å². The fourth-order valence-corrected chi connectivity index (χ4v) is 3.43. The summed E-state index contributed by atoms with van der Waals surface area (Å²) in [5.41, 5.74) is 4.07. The van der Waals surface area contributed by atoms with Crippen molar-refractivity contribution in [1.29, 1.82) is 0 Å². The van der Waals surface area contributed by atoms with Gasteiger partial charge in [0.25, 0.3) is 0 Å². The van der Waals surface area contributed by atoms with Crippen molar-refractivity contribution in [1.82, 2.24) is 0 Å². The molecule has 112 valence electrons. The molecule has 1 saturated carbocycles. The predicted octanol–water partition coefficient (Wildman–Crippen LogP) is 2.42. The van der Waals surface area contributed by atoms with Gasteiger partial charge in [0.05, 0.1) is 13.5 Å². The Hall–Kier alpha value is -1.97. The van der Waals surface area contributed by atoms with Crippen LogP contribution in [0.1, 0.15) is 41.0 Å². The highest BCUT2D eigenvalue weighted by Gasteiger charge is 2.43. The molecule has 0 heterocycles. The number of hydrogen-bond acceptors (Lipinski definition) is 4. The van der Waals surface area contributed by atoms with Gasteiger partial charge in [-0.3, -0.25) is 14.4 Å². The van der Waals surface area contributed by atoms with Crippen molar-refractivity contribution in [3.63, 3.8) is 0 Å². The molecular formula is C17H20O4. The molecule has 1 aromatic carbocycles. The van der Waals surface area contributed by atoms with Crippen molar-refractivity contribution in [2.75, 3.05) is 7.11 Å². The number of esters is 1. The average molecular weight is 288 g/mol. The van der Waals surface area contributed by atoms with Crippen molar-refractivity contribution in [3.8, 4) is 0 Å². The second kappa shape index (κ2) is 5.80. The standard InChI is InChI=1S/C17H20O4/c1-9-5-10(2)15(11(3)6-9)13-7-12(18)8-14(19)16(13)17(20)21-4/h5-6,13,16H,7-8H2,1-4H3/t13-,16+/m0/s1. The third kappa shape index (κ3) is 2.89. The number of carbonyl (C=O) groups excluding carboxylic acids is 3. The third-order valence-electron chi connectivity index (χ3n) is 4.13. The van der Waals surface area contributed by atoms with Gasteiger partial charge in [0, 0.05) is 12.3 Å². The normalized spacial score (nSPS) is 22.3. The summed E-state index contributed by atoms with van der Waals surface area (Å²) in [5.74, 6) is -2.26. The topological polar surface area (TPSA) is 60.4 Å². The minimum absolute atomic E-state index is 0.107. The molecule has 2 atom stereocenters. The Labute approximate surface area is 124 Å². The van der Waals surface area contributed by atoms with Gasteiger partial charge in [-0.15, -0.1) is 0 Å². The smallest absolute Gasteiger partial charge is 0.316 e. The van der Waals surface area contributed by atoms with Crippen LogP contribution in [0.25, 0.3) is 0 Å². The highest BCUT2D eigenvalue weighted by Crippen LogP contribution is 2.38. The van der Waals surface area contributed by atoms with Gasteiger partial charge < -0.3 is 4.74 Å². The number of hydrogen-bond donors (Lipinski definition) is 0. The number of aryl methyl sites for hydroxylation is 3. The van der Waals surface area contributed by atoms with E-state index in [0.29, 0.717) is 0 Å². The molecule has 2 rings (SSSR count). The Morgan fingerprint density at radius 3 is 2.24 bits per heavy atom. The first kappa shape index (κ1) is 15.4. The molecule has 1 aliphatic rings. The quantitative estimate of drug-likeness (QED) is 0.619. The van der Waals surface area contributed by atoms with Crippen LogP contribution in [0.5, 0.6) is 0 Å². The number of methoxy groups -OCH3 is 1. The van der Waals surface area contributed by atoms with E-state index in [4.69, 9.17) is 4.74 Å². The molecule has 1 aromatic rings. The summed E-state index contributed by atoms with van der Waals surface area (Å²) in [5, 5.41) is 0. The number of ether oxygens (including phenoxy) is 1. The first-order valence-electron chi connectivity index (χ1n) is 7.05. The molecular weight excluding hydrogens is 268 g/mol. The SMILES string of the molecule is COC(=O)[C@H]1C(=O)CC(=O)C[C@H]1c1c(C)cc(C)cc1C. The Kier molecular flexibility index (Phi) is 4.26. The fraction of sp³-hybridized carbons (Fsp3) is 0.471. The molecule has 1 aliphatic carbocycles. The van der Waals surface area contributed by atoms with E-state index in [2.05, 4.69) is 0 Å². The summed E-state index contributed by atoms with van der Waals surface area (Å²) in [6.07, 6.45) is 0.0521. The molecule has 0 amide bonds. The molecule has 21 heavy (non-hydrogen) atoms. The van der Waals surface area contributed by atoms with Crippen molar-refractivity contribution in [3.05, 3.63) is 34.4 Å². The molecule has 0 radical (unpaired) electrons. The highest BCUT2D eigenvalue weighted by molar-refractivity contribution is 6.11. The Bertz CT molecular complexity index is 592. The van der Waals surface area contributed by atoms with Crippen molar-refractivity contribution in [2.45, 2.75) is 39.5 Å². The van der Waals surface area contributed by atoms with Crippen molar-refractivity contribution >= 4 is 17.5 Å². The number of ketones is 2. The number of carbonyl (C=O) groups is 3. The lowest BCUT2D eigenvalue weighted by Gasteiger charge is -2.30. The molecule has 0 N–H and O–H groups in total. The third-order valence-corrected chi connectivity index (χ3v) is 4.13. The van der Waals surface area contributed by atoms with E-state index in [1.54, 1.807) is 0 Å². The zero-order chi connectivity index (χ0) is 15.7. The first-order valence-corrected chi connectivity index (χ1v) is 7.05. The average Bonchev–Trinajstić information content (AvgIpc) is 2.36. The van der Waals surface area contributed by atoms with Crippen LogP contribution in [-0.2, 0) is 19.1 Å². The van der Waals surface area contributed by atoms with Crippen LogP contribution in [0.4, 0.5) is 0 Å². The van der Waals surface area contributed by atoms with Gasteiger partial charge in [-0.1, -0.05) is 17.7 Å². The zero-order valence-corrected chi connectivity index (χ0v) is 12.9. The van der Waals surface area contributed by atoms with E-state index in [0.717, 1.165) is 22.3 Å². The van der Waals surface area contributed by atoms with Crippen LogP contribution in [0.3, 0.4) is 0 Å². The molecule has 0 bridgehead atoms. The van der Waals surface area contributed by atoms with E-state index >= 15 is 0 Å². The fourth-order valence-electron chi connectivity index (χ4n) is 3.43. The summed E-state index contributed by atoms with van der Waals surface area (Å²) < 4.78 is 4.78. The largest absolute Gasteiger partial charge is 0.468 e. The Morgan fingerprint density at radius 2 is 1.71 bits per heavy atom. The van der Waals surface area contributed by atoms with E-state index in [-0.39, 0.29) is 24.4 Å². The molecule has 4 nitrogen and oxygen atoms in total. The van der Waals surface area contributed by atoms with E-state index in [9.17, 15) is 14.4 Å². The summed E-state index contributed by atoms with van der Waals surface area (Å²) in [6.45, 7) is 5.90. The predicted molar refractivity (Wildman–Crippen MR) is 78.1 cm³/mol. The molecule has 0 aliphatic heterocycles. The molecule has 0 aromatic heterocycles. The van der Waals surface area contributed by atoms with Crippen molar-refractivity contribution < 1.29 is 19.1 Å². The summed E-state index contributed by atoms with van der Waals surface area (Å²) in [4.78, 5) is 36.0. The number of Topliss-reactive ketones (excluding diaryl/α,β-unsaturated/α-hetero) is 2. The van der Waals surface area contributed by atoms with Gasteiger partial charge in [-0.25, -0.2) is 0 Å². The van der Waals surface area contributed by atoms with Crippen LogP contribution < -0.4 is 0 Å². The van der Waals surface area contributed by atoms with Gasteiger partial charge in [-0.2, -0.15) is 0 Å². The first-order chi connectivity index (χ1) is 9.85. The summed E-state index contributed by atoms with van der Waals surface area (Å²) >= 11 is 0. The monoisotopic (exact) mass is 288 g/mol. The van der Waals surface area contributed by atoms with E-state index in [1.807, 2.05) is 32.9 Å². The van der Waals surface area contributed by atoms with Crippen LogP contribution >= 0.6 is 0 Å². The lowest BCUT2D eigenvalue weighted by atomic mass is 9.71. The minimum atomic E-state index is -0.868. The minimum Gasteiger partial charge on any atom is -0.468 e. The van der Waals surface area contributed by atoms with Gasteiger partial charge in [0.1, 0.15) is 11.7 Å². The summed E-state index contributed by atoms with van der Waals surface area (Å²) in [6, 6.07) is 4.03. The van der Waals surface area contributed by atoms with Gasteiger partial charge in [0.2, 0.25) is 0 Å². The van der Waals surface area contributed by atoms with Crippen LogP contribution in [-0.4, -0.2) is 24.6 Å². The van der Waals surface area contributed by atoms with Gasteiger partial charge in [0.15, 0.2) is 5.78 Å². The number of benzene rings is 1. The Balaban J connectivity index is 2.54. The second-order valence-electron chi connectivity index (χ2n) is 5.81. The van der Waals surface area contributed by atoms with Crippen LogP contribution in [0, 0.1) is 26.7 Å². The lowest BCUT2D eigenvalue weighted by Crippen LogP contribution is -2.38. The molecule has 1 fully saturated rings. The molecule has 0 saturated heterocycles. The Morgan fingerprint density at radius 1 is 1.14 bits per heavy atom. The highest BCUT2D eigenvalue weighted by atomic mass is 16.5. The van der Waals surface area contributed by atoms with Crippen molar-refractivity contribution in [2.24, 2.45) is 5.92 Å². The molecule has 4 heteroatoms. The maximum absolute atomic E-state index is 12.2. The summed E-state index contributed by atoms with van der Waals surface area (Å²) in [7, 11) is 1.28. The van der Waals surface area contributed by atoms with E-state index < -0.39 is 17.8 Å². The van der Waals surface area contributed by atoms with Crippen LogP contribution in [0.2, 0.25) is 0 Å². The maximum atomic E-state index is 12.2. The van der Waals surface area contributed by atoms with Crippen LogP contribution in [0.15, 0.2) is 12.1 Å². The molecule has 0 unspecified atom stereocenters. The number of rotatable bonds is 2. The van der Waals surface area contributed by atoms with Gasteiger partial charge in [-0.05, 0) is 37.5 Å². The lowest BCUT2D eigenvalue weighted by molar-refractivity contribution is -0.152. The second-order valence-corrected chi connectivity index (χ2v) is 5.81. The maximum Gasteiger partial charge on any atom is 0.316 e.